The van der Waals surface area contributed by atoms with Crippen molar-refractivity contribution >= 4 is 5.78 Å². The van der Waals surface area contributed by atoms with Crippen LogP contribution in [0.15, 0.2) is 34.9 Å². The van der Waals surface area contributed by atoms with E-state index < -0.39 is 0 Å². The minimum absolute atomic E-state index is 0.201. The normalized spacial score (nSPS) is 21.9. The van der Waals surface area contributed by atoms with Crippen LogP contribution in [0.2, 0.25) is 0 Å². The molecule has 0 heterocycles. The minimum Gasteiger partial charge on any atom is -0.289 e. The predicted octanol–water partition coefficient (Wildman–Crippen LogP) is 1.38. The van der Waals surface area contributed by atoms with E-state index in [0.717, 1.165) is 16.7 Å². The summed E-state index contributed by atoms with van der Waals surface area (Å²) in [6.45, 7) is 1.96. The molecule has 2 aliphatic carbocycles. The highest BCUT2D eigenvalue weighted by molar-refractivity contribution is 6.18. The number of hydrogen-bond donors (Lipinski definition) is 0. The van der Waals surface area contributed by atoms with E-state index in [-0.39, 0.29) is 5.78 Å². The molecule has 0 saturated carbocycles. The second kappa shape index (κ2) is 1.24. The van der Waals surface area contributed by atoms with Crippen molar-refractivity contribution in [2.24, 2.45) is 0 Å². The molecule has 0 fully saturated rings. The van der Waals surface area contributed by atoms with Crippen LogP contribution in [-0.2, 0) is 4.79 Å². The summed E-state index contributed by atoms with van der Waals surface area (Å²) < 4.78 is 0. The molecule has 2 rings (SSSR count). The van der Waals surface area contributed by atoms with Crippen molar-refractivity contribution in [2.45, 2.75) is 6.92 Å². The van der Waals surface area contributed by atoms with Crippen LogP contribution in [0.25, 0.3) is 0 Å². The molecule has 0 spiro atoms. The molecule has 0 N–H and O–H groups in total. The molecule has 1 nitrogen and oxygen atoms in total. The zero-order valence-electron chi connectivity index (χ0n) is 5.14. The van der Waals surface area contributed by atoms with E-state index in [1.165, 1.54) is 0 Å². The number of fused-ring (bicyclic) bond motifs is 2. The third-order valence-corrected chi connectivity index (χ3v) is 1.73. The molecule has 44 valence electrons. The Labute approximate surface area is 53.4 Å². The van der Waals surface area contributed by atoms with Gasteiger partial charge in [-0.05, 0) is 18.6 Å². The molecule has 0 aromatic heterocycles. The first kappa shape index (κ1) is 4.74. The minimum atomic E-state index is 0.201. The van der Waals surface area contributed by atoms with Crippen molar-refractivity contribution in [2.75, 3.05) is 0 Å². The molecule has 0 unspecified atom stereocenters. The molecule has 2 bridgehead atoms. The first-order valence-corrected chi connectivity index (χ1v) is 2.94. The van der Waals surface area contributed by atoms with E-state index in [1.54, 1.807) is 0 Å². The van der Waals surface area contributed by atoms with E-state index in [9.17, 15) is 4.79 Å². The van der Waals surface area contributed by atoms with E-state index in [1.807, 2.05) is 25.2 Å². The SMILES string of the molecule is CC1=C2C=CC(=C1)C2=O. The summed E-state index contributed by atoms with van der Waals surface area (Å²) >= 11 is 0. The maximum atomic E-state index is 11.0. The van der Waals surface area contributed by atoms with Crippen LogP contribution in [0.3, 0.4) is 0 Å². The summed E-state index contributed by atoms with van der Waals surface area (Å²) in [5.41, 5.74) is 2.84. The van der Waals surface area contributed by atoms with Crippen molar-refractivity contribution in [1.29, 1.82) is 0 Å². The maximum absolute atomic E-state index is 11.0. The maximum Gasteiger partial charge on any atom is 0.193 e. The van der Waals surface area contributed by atoms with Gasteiger partial charge in [-0.3, -0.25) is 4.79 Å². The van der Waals surface area contributed by atoms with Crippen LogP contribution < -0.4 is 0 Å². The van der Waals surface area contributed by atoms with Crippen LogP contribution in [0.1, 0.15) is 6.92 Å². The van der Waals surface area contributed by atoms with Crippen LogP contribution in [-0.4, -0.2) is 5.78 Å². The summed E-state index contributed by atoms with van der Waals surface area (Å²) in [7, 11) is 0. The number of ketones is 1. The fraction of sp³-hybridized carbons (Fsp3) is 0.125. The van der Waals surface area contributed by atoms with Gasteiger partial charge < -0.3 is 0 Å². The number of hydrogen-bond acceptors (Lipinski definition) is 1. The molecule has 0 aromatic carbocycles. The topological polar surface area (TPSA) is 17.1 Å². The Kier molecular flexibility index (Phi) is 0.652. The summed E-state index contributed by atoms with van der Waals surface area (Å²) in [5, 5.41) is 0. The number of carbonyl (C=O) groups excluding carboxylic acids is 1. The fourth-order valence-corrected chi connectivity index (χ4v) is 1.22. The van der Waals surface area contributed by atoms with E-state index in [2.05, 4.69) is 0 Å². The lowest BCUT2D eigenvalue weighted by atomic mass is 10.2. The summed E-state index contributed by atoms with van der Waals surface area (Å²) in [5.74, 6) is 0.201. The quantitative estimate of drug-likeness (QED) is 0.469. The van der Waals surface area contributed by atoms with Crippen molar-refractivity contribution in [3.8, 4) is 0 Å². The Morgan fingerprint density at radius 1 is 1.33 bits per heavy atom. The van der Waals surface area contributed by atoms with Gasteiger partial charge in [0.05, 0.1) is 0 Å². The van der Waals surface area contributed by atoms with Crippen molar-refractivity contribution in [3.63, 3.8) is 0 Å². The molecule has 1 heteroatoms. The fourth-order valence-electron chi connectivity index (χ4n) is 1.22. The summed E-state index contributed by atoms with van der Waals surface area (Å²) in [4.78, 5) is 11.0. The Bertz CT molecular complexity index is 277. The largest absolute Gasteiger partial charge is 0.289 e. The highest BCUT2D eigenvalue weighted by Crippen LogP contribution is 2.29. The third-order valence-electron chi connectivity index (χ3n) is 1.73. The number of carbonyl (C=O) groups is 1. The molecule has 0 radical (unpaired) electrons. The molecule has 0 aliphatic heterocycles. The number of allylic oxidation sites excluding steroid dienone is 6. The Morgan fingerprint density at radius 3 is 2.33 bits per heavy atom. The van der Waals surface area contributed by atoms with Crippen LogP contribution in [0.5, 0.6) is 0 Å². The second-order valence-corrected chi connectivity index (χ2v) is 2.36. The van der Waals surface area contributed by atoms with Gasteiger partial charge in [0.25, 0.3) is 0 Å². The smallest absolute Gasteiger partial charge is 0.193 e. The van der Waals surface area contributed by atoms with Gasteiger partial charge in [-0.25, -0.2) is 0 Å². The van der Waals surface area contributed by atoms with Crippen LogP contribution in [0, 0.1) is 0 Å². The highest BCUT2D eigenvalue weighted by atomic mass is 16.1. The Hall–Kier alpha value is -1.11. The Balaban J connectivity index is 2.73. The lowest BCUT2D eigenvalue weighted by molar-refractivity contribution is -0.111. The molecule has 0 amide bonds. The molecule has 0 saturated heterocycles. The molecular weight excluding hydrogens is 112 g/mol. The summed E-state index contributed by atoms with van der Waals surface area (Å²) in [6.07, 6.45) is 5.68. The van der Waals surface area contributed by atoms with E-state index >= 15 is 0 Å². The molecule has 2 aliphatic rings. The standard InChI is InChI=1S/C8H6O/c1-5-4-6-2-3-7(5)8(6)9/h2-4H,1H3. The van der Waals surface area contributed by atoms with Crippen molar-refractivity contribution < 1.29 is 4.79 Å². The average molecular weight is 118 g/mol. The van der Waals surface area contributed by atoms with Gasteiger partial charge in [-0.2, -0.15) is 0 Å². The van der Waals surface area contributed by atoms with Gasteiger partial charge in [-0.15, -0.1) is 0 Å². The van der Waals surface area contributed by atoms with E-state index in [4.69, 9.17) is 0 Å². The monoisotopic (exact) mass is 118 g/mol. The molecule has 0 atom stereocenters. The van der Waals surface area contributed by atoms with Crippen LogP contribution in [0.4, 0.5) is 0 Å². The van der Waals surface area contributed by atoms with Crippen molar-refractivity contribution in [3.05, 3.63) is 34.9 Å². The first-order valence-electron chi connectivity index (χ1n) is 2.94. The summed E-state index contributed by atoms with van der Waals surface area (Å²) in [6, 6.07) is 0. The van der Waals surface area contributed by atoms with Gasteiger partial charge in [0, 0.05) is 11.1 Å². The van der Waals surface area contributed by atoms with Gasteiger partial charge in [0.1, 0.15) is 0 Å². The second-order valence-electron chi connectivity index (χ2n) is 2.36. The molecule has 0 aromatic rings. The lowest BCUT2D eigenvalue weighted by Crippen LogP contribution is -1.90. The van der Waals surface area contributed by atoms with Gasteiger partial charge in [0.15, 0.2) is 5.78 Å². The van der Waals surface area contributed by atoms with E-state index in [0.29, 0.717) is 0 Å². The van der Waals surface area contributed by atoms with Gasteiger partial charge in [-0.1, -0.05) is 12.2 Å². The molecule has 9 heavy (non-hydrogen) atoms. The molecular formula is C8H6O. The highest BCUT2D eigenvalue weighted by Gasteiger charge is 2.23. The zero-order chi connectivity index (χ0) is 6.43. The number of rotatable bonds is 0. The zero-order valence-corrected chi connectivity index (χ0v) is 5.14. The predicted molar refractivity (Wildman–Crippen MR) is 34.9 cm³/mol. The third kappa shape index (κ3) is 0.416. The van der Waals surface area contributed by atoms with Crippen molar-refractivity contribution in [1.82, 2.24) is 0 Å². The van der Waals surface area contributed by atoms with Crippen LogP contribution >= 0.6 is 0 Å². The lowest BCUT2D eigenvalue weighted by Gasteiger charge is -1.87. The van der Waals surface area contributed by atoms with Gasteiger partial charge >= 0.3 is 0 Å². The number of Topliss-reactive ketones (excluding diaryl/α,β-unsaturated/α-hetero) is 1. The Morgan fingerprint density at radius 2 is 2.11 bits per heavy atom. The van der Waals surface area contributed by atoms with Gasteiger partial charge in [0.2, 0.25) is 0 Å². The average Bonchev–Trinajstić information content (AvgIpc) is 2.25. The first-order chi connectivity index (χ1) is 4.29.